The molecule has 56 heavy (non-hydrogen) atoms. The Morgan fingerprint density at radius 1 is 0.893 bits per heavy atom. The maximum absolute atomic E-state index is 15.3. The number of para-hydroxylation sites is 1. The third kappa shape index (κ3) is 7.04. The number of anilines is 5. The number of carbonyl (C=O) groups is 3. The first kappa shape index (κ1) is 35.8. The fourth-order valence-electron chi connectivity index (χ4n) is 8.88. The third-order valence-electron chi connectivity index (χ3n) is 11.8. The summed E-state index contributed by atoms with van der Waals surface area (Å²) in [5.41, 5.74) is 6.03. The molecule has 2 aromatic heterocycles. The van der Waals surface area contributed by atoms with Gasteiger partial charge < -0.3 is 20.4 Å². The number of halogens is 1. The summed E-state index contributed by atoms with van der Waals surface area (Å²) in [6, 6.07) is 21.7. The molecule has 1 saturated carbocycles. The number of aromatic nitrogens is 4. The summed E-state index contributed by atoms with van der Waals surface area (Å²) in [7, 11) is 2.06. The number of amides is 3. The van der Waals surface area contributed by atoms with E-state index in [1.165, 1.54) is 23.8 Å². The minimum absolute atomic E-state index is 0.0293. The SMILES string of the molecule is CN(Cc1cc(F)c2c(c1)CN(C1CCC(=O)NC1=O)C2=O)C1CCN(c2ccc(Nc3ncc4nc(Nc5ccccc5)n(C5CCCC5)c4n3)cc2)CC1. The second-order valence-corrected chi connectivity index (χ2v) is 15.5. The number of benzene rings is 3. The van der Waals surface area contributed by atoms with Gasteiger partial charge in [0.15, 0.2) is 5.65 Å². The molecule has 5 aromatic rings. The van der Waals surface area contributed by atoms with Gasteiger partial charge in [-0.2, -0.15) is 4.98 Å². The summed E-state index contributed by atoms with van der Waals surface area (Å²) in [6.45, 7) is 2.48. The monoisotopic (exact) mass is 756 g/mol. The van der Waals surface area contributed by atoms with Gasteiger partial charge in [0.1, 0.15) is 17.4 Å². The van der Waals surface area contributed by atoms with Crippen LogP contribution in [0.5, 0.6) is 0 Å². The number of imide groups is 1. The van der Waals surface area contributed by atoms with E-state index in [1.54, 1.807) is 6.20 Å². The lowest BCUT2D eigenvalue weighted by Crippen LogP contribution is -2.52. The molecule has 1 aliphatic carbocycles. The minimum Gasteiger partial charge on any atom is -0.371 e. The van der Waals surface area contributed by atoms with Crippen molar-refractivity contribution in [2.75, 3.05) is 35.7 Å². The molecule has 1 unspecified atom stereocenters. The lowest BCUT2D eigenvalue weighted by Gasteiger charge is -2.38. The quantitative estimate of drug-likeness (QED) is 0.137. The molecule has 4 aliphatic rings. The molecule has 0 radical (unpaired) electrons. The van der Waals surface area contributed by atoms with Crippen molar-refractivity contribution in [2.24, 2.45) is 0 Å². The standard InChI is InChI=1S/C42H45FN10O3/c1-50(24-26-21-27-25-52(40(56)37(27)33(43)22-26)35-15-16-36(54)48-39(35)55)30-17-19-51(20-18-30)31-13-11-29(12-14-31)45-41-44-23-34-38(49-41)53(32-9-5-6-10-32)42(47-34)46-28-7-3-2-4-8-28/h2-4,7-8,11-14,21-23,30,32,35H,5-6,9-10,15-20,24-25H2,1H3,(H,46,47)(H,44,45,49)(H,48,54,55). The number of fused-ring (bicyclic) bond motifs is 2. The number of rotatable bonds is 10. The summed E-state index contributed by atoms with van der Waals surface area (Å²) < 4.78 is 17.6. The maximum Gasteiger partial charge on any atom is 0.258 e. The first-order valence-electron chi connectivity index (χ1n) is 19.6. The van der Waals surface area contributed by atoms with Crippen molar-refractivity contribution >= 4 is 57.8 Å². The zero-order valence-electron chi connectivity index (χ0n) is 31.4. The van der Waals surface area contributed by atoms with E-state index in [1.807, 2.05) is 36.4 Å². The Balaban J connectivity index is 0.814. The Morgan fingerprint density at radius 3 is 2.39 bits per heavy atom. The molecular weight excluding hydrogens is 712 g/mol. The van der Waals surface area contributed by atoms with Crippen LogP contribution in [0.1, 0.15) is 78.9 Å². The summed E-state index contributed by atoms with van der Waals surface area (Å²) in [4.78, 5) is 57.7. The van der Waals surface area contributed by atoms with E-state index in [0.717, 1.165) is 78.5 Å². The van der Waals surface area contributed by atoms with E-state index in [9.17, 15) is 14.4 Å². The van der Waals surface area contributed by atoms with Crippen molar-refractivity contribution in [1.82, 2.24) is 34.6 Å². The van der Waals surface area contributed by atoms with E-state index in [0.29, 0.717) is 30.1 Å². The fraction of sp³-hybridized carbons (Fsp3) is 0.381. The molecular formula is C42H45FN10O3. The third-order valence-corrected chi connectivity index (χ3v) is 11.8. The molecule has 3 aliphatic heterocycles. The summed E-state index contributed by atoms with van der Waals surface area (Å²) in [5.74, 6) is -0.587. The van der Waals surface area contributed by atoms with Crippen molar-refractivity contribution in [1.29, 1.82) is 0 Å². The lowest BCUT2D eigenvalue weighted by atomic mass is 10.0. The second kappa shape index (κ2) is 15.0. The largest absolute Gasteiger partial charge is 0.371 e. The van der Waals surface area contributed by atoms with E-state index >= 15 is 4.39 Å². The van der Waals surface area contributed by atoms with Crippen LogP contribution in [-0.2, 0) is 22.7 Å². The van der Waals surface area contributed by atoms with Gasteiger partial charge >= 0.3 is 0 Å². The molecule has 0 spiro atoms. The number of imidazole rings is 1. The molecule has 0 bridgehead atoms. The first-order chi connectivity index (χ1) is 27.3. The van der Waals surface area contributed by atoms with Gasteiger partial charge in [0.05, 0.1) is 11.8 Å². The zero-order valence-corrected chi connectivity index (χ0v) is 31.4. The molecule has 288 valence electrons. The molecule has 3 aromatic carbocycles. The number of piperidine rings is 2. The van der Waals surface area contributed by atoms with Gasteiger partial charge in [-0.3, -0.25) is 29.2 Å². The number of hydrogen-bond donors (Lipinski definition) is 3. The highest BCUT2D eigenvalue weighted by Gasteiger charge is 2.40. The summed E-state index contributed by atoms with van der Waals surface area (Å²) in [5, 5.41) is 9.21. The van der Waals surface area contributed by atoms with Gasteiger partial charge in [-0.15, -0.1) is 0 Å². The molecule has 9 rings (SSSR count). The number of carbonyl (C=O) groups excluding carboxylic acids is 3. The Labute approximate surface area is 324 Å². The molecule has 13 nitrogen and oxygen atoms in total. The Morgan fingerprint density at radius 2 is 1.64 bits per heavy atom. The van der Waals surface area contributed by atoms with Crippen LogP contribution in [0.2, 0.25) is 0 Å². The summed E-state index contributed by atoms with van der Waals surface area (Å²) >= 11 is 0. The van der Waals surface area contributed by atoms with Crippen molar-refractivity contribution in [3.05, 3.63) is 95.4 Å². The van der Waals surface area contributed by atoms with Crippen LogP contribution >= 0.6 is 0 Å². The fourth-order valence-corrected chi connectivity index (χ4v) is 8.88. The number of hydrogen-bond acceptors (Lipinski definition) is 10. The Bertz CT molecular complexity index is 2280. The maximum atomic E-state index is 15.3. The number of nitrogens with zero attached hydrogens (tertiary/aromatic N) is 7. The van der Waals surface area contributed by atoms with Crippen molar-refractivity contribution in [3.8, 4) is 0 Å². The lowest BCUT2D eigenvalue weighted by molar-refractivity contribution is -0.136. The highest BCUT2D eigenvalue weighted by atomic mass is 19.1. The van der Waals surface area contributed by atoms with Crippen LogP contribution in [-0.4, -0.2) is 79.3 Å². The van der Waals surface area contributed by atoms with Crippen LogP contribution in [0, 0.1) is 5.82 Å². The van der Waals surface area contributed by atoms with Crippen molar-refractivity contribution < 1.29 is 18.8 Å². The van der Waals surface area contributed by atoms with Gasteiger partial charge in [-0.25, -0.2) is 14.4 Å². The van der Waals surface area contributed by atoms with E-state index in [-0.39, 0.29) is 30.9 Å². The predicted molar refractivity (Wildman–Crippen MR) is 211 cm³/mol. The predicted octanol–water partition coefficient (Wildman–Crippen LogP) is 6.43. The van der Waals surface area contributed by atoms with E-state index in [4.69, 9.17) is 9.97 Å². The van der Waals surface area contributed by atoms with Gasteiger partial charge in [0, 0.05) is 61.7 Å². The van der Waals surface area contributed by atoms with Gasteiger partial charge in [-0.05, 0) is 92.7 Å². The van der Waals surface area contributed by atoms with Gasteiger partial charge in [-0.1, -0.05) is 37.1 Å². The molecule has 3 amide bonds. The van der Waals surface area contributed by atoms with Crippen LogP contribution in [0.25, 0.3) is 11.2 Å². The van der Waals surface area contributed by atoms with Crippen LogP contribution in [0.15, 0.2) is 72.9 Å². The highest BCUT2D eigenvalue weighted by Crippen LogP contribution is 2.36. The first-order valence-corrected chi connectivity index (χ1v) is 19.6. The summed E-state index contributed by atoms with van der Waals surface area (Å²) in [6.07, 6.45) is 8.70. The topological polar surface area (TPSA) is 141 Å². The normalized spacial score (nSPS) is 19.3. The van der Waals surface area contributed by atoms with Crippen LogP contribution in [0.4, 0.5) is 33.3 Å². The smallest absolute Gasteiger partial charge is 0.258 e. The Hall–Kier alpha value is -5.89. The molecule has 5 heterocycles. The van der Waals surface area contributed by atoms with Crippen molar-refractivity contribution in [2.45, 2.75) is 82.6 Å². The highest BCUT2D eigenvalue weighted by molar-refractivity contribution is 6.05. The van der Waals surface area contributed by atoms with Gasteiger partial charge in [0.2, 0.25) is 23.7 Å². The Kier molecular flexibility index (Phi) is 9.57. The van der Waals surface area contributed by atoms with E-state index in [2.05, 4.69) is 66.6 Å². The zero-order chi connectivity index (χ0) is 38.3. The molecule has 2 saturated heterocycles. The van der Waals surface area contributed by atoms with E-state index < -0.39 is 23.7 Å². The average molecular weight is 757 g/mol. The van der Waals surface area contributed by atoms with Crippen LogP contribution < -0.4 is 20.9 Å². The minimum atomic E-state index is -0.769. The molecule has 1 atom stereocenters. The average Bonchev–Trinajstić information content (AvgIpc) is 3.93. The van der Waals surface area contributed by atoms with Crippen molar-refractivity contribution in [3.63, 3.8) is 0 Å². The molecule has 14 heteroatoms. The van der Waals surface area contributed by atoms with Gasteiger partial charge in [0.25, 0.3) is 5.91 Å². The van der Waals surface area contributed by atoms with Crippen LogP contribution in [0.3, 0.4) is 0 Å². The molecule has 3 N–H and O–H groups in total. The molecule has 3 fully saturated rings. The second-order valence-electron chi connectivity index (χ2n) is 15.5. The number of nitrogens with one attached hydrogen (secondary N) is 3.